The summed E-state index contributed by atoms with van der Waals surface area (Å²) in [5.41, 5.74) is 0.235. The van der Waals surface area contributed by atoms with Crippen LogP contribution in [0.25, 0.3) is 0 Å². The van der Waals surface area contributed by atoms with Crippen LogP contribution in [0.3, 0.4) is 0 Å². The summed E-state index contributed by atoms with van der Waals surface area (Å²) in [6.45, 7) is 2.11. The van der Waals surface area contributed by atoms with Gasteiger partial charge in [-0.1, -0.05) is 0 Å². The normalized spacial score (nSPS) is 9.79. The predicted molar refractivity (Wildman–Crippen MR) is 90.0 cm³/mol. The zero-order valence-electron chi connectivity index (χ0n) is 13.8. The number of halogens is 1. The fourth-order valence-corrected chi connectivity index (χ4v) is 2.41. The third kappa shape index (κ3) is 5.42. The van der Waals surface area contributed by atoms with Gasteiger partial charge in [0.15, 0.2) is 18.1 Å². The van der Waals surface area contributed by atoms with E-state index < -0.39 is 12.6 Å². The summed E-state index contributed by atoms with van der Waals surface area (Å²) in [5, 5.41) is 8.50. The van der Waals surface area contributed by atoms with Gasteiger partial charge >= 0.3 is 5.97 Å². The fraction of sp³-hybridized carbons (Fsp3) is 0.438. The quantitative estimate of drug-likeness (QED) is 0.624. The summed E-state index contributed by atoms with van der Waals surface area (Å²) in [4.78, 5) is 25.3. The van der Waals surface area contributed by atoms with E-state index in [9.17, 15) is 9.59 Å². The van der Waals surface area contributed by atoms with E-state index in [1.807, 2.05) is 13.0 Å². The number of nitriles is 1. The van der Waals surface area contributed by atoms with Gasteiger partial charge in [-0.05, 0) is 35.0 Å². The molecule has 0 unspecified atom stereocenters. The van der Waals surface area contributed by atoms with Crippen molar-refractivity contribution in [1.82, 2.24) is 4.90 Å². The summed E-state index contributed by atoms with van der Waals surface area (Å²) < 4.78 is 16.2. The first kappa shape index (κ1) is 19.8. The highest BCUT2D eigenvalue weighted by Gasteiger charge is 2.18. The molecule has 0 aliphatic rings. The molecule has 1 aromatic rings. The molecule has 0 saturated carbocycles. The van der Waals surface area contributed by atoms with Crippen molar-refractivity contribution in [3.05, 3.63) is 22.2 Å². The molecule has 1 amide bonds. The first-order valence-corrected chi connectivity index (χ1v) is 8.02. The van der Waals surface area contributed by atoms with Gasteiger partial charge in [-0.3, -0.25) is 4.79 Å². The number of amides is 1. The number of methoxy groups -OCH3 is 1. The molecule has 7 nitrogen and oxygen atoms in total. The summed E-state index contributed by atoms with van der Waals surface area (Å²) in [5.74, 6) is -0.156. The number of carbonyl (C=O) groups excluding carboxylic acids is 2. The molecule has 0 N–H and O–H groups in total. The zero-order valence-corrected chi connectivity index (χ0v) is 15.4. The number of esters is 1. The molecular weight excluding hydrogens is 380 g/mol. The monoisotopic (exact) mass is 398 g/mol. The Bertz CT molecular complexity index is 642. The minimum absolute atomic E-state index is 0.222. The Morgan fingerprint density at radius 2 is 2.08 bits per heavy atom. The summed E-state index contributed by atoms with van der Waals surface area (Å²) in [7, 11) is 3.04. The first-order chi connectivity index (χ1) is 11.4. The lowest BCUT2D eigenvalue weighted by Gasteiger charge is -2.16. The van der Waals surface area contributed by atoms with E-state index in [4.69, 9.17) is 19.5 Å². The van der Waals surface area contributed by atoms with Crippen LogP contribution < -0.4 is 9.47 Å². The molecule has 0 fully saturated rings. The minimum Gasteiger partial charge on any atom is -0.492 e. The number of carbonyl (C=O) groups is 2. The van der Waals surface area contributed by atoms with E-state index in [2.05, 4.69) is 15.9 Å². The third-order valence-corrected chi connectivity index (χ3v) is 3.65. The van der Waals surface area contributed by atoms with Gasteiger partial charge in [0.05, 0.1) is 36.2 Å². The standard InChI is InChI=1S/C16H19BrN2O5/c1-4-23-13-9-11(8-12(17)15(13)22-3)16(21)24-10-14(20)19(2)7-5-6-18/h8-9H,4-5,7,10H2,1-3H3. The maximum absolute atomic E-state index is 12.1. The fourth-order valence-electron chi connectivity index (χ4n) is 1.81. The molecule has 0 spiro atoms. The van der Waals surface area contributed by atoms with Crippen LogP contribution in [0.15, 0.2) is 16.6 Å². The van der Waals surface area contributed by atoms with Gasteiger partial charge in [-0.15, -0.1) is 0 Å². The lowest BCUT2D eigenvalue weighted by molar-refractivity contribution is -0.133. The van der Waals surface area contributed by atoms with Crippen LogP contribution in [0.1, 0.15) is 23.7 Å². The van der Waals surface area contributed by atoms with Crippen molar-refractivity contribution >= 4 is 27.8 Å². The van der Waals surface area contributed by atoms with Crippen molar-refractivity contribution in [1.29, 1.82) is 5.26 Å². The Kier molecular flexibility index (Phi) is 8.06. The Morgan fingerprint density at radius 1 is 1.38 bits per heavy atom. The van der Waals surface area contributed by atoms with Gasteiger partial charge in [0.1, 0.15) is 0 Å². The molecule has 0 atom stereocenters. The van der Waals surface area contributed by atoms with E-state index in [1.54, 1.807) is 7.05 Å². The number of hydrogen-bond acceptors (Lipinski definition) is 6. The number of hydrogen-bond donors (Lipinski definition) is 0. The molecule has 8 heteroatoms. The van der Waals surface area contributed by atoms with Gasteiger partial charge in [0.2, 0.25) is 0 Å². The smallest absolute Gasteiger partial charge is 0.338 e. The minimum atomic E-state index is -0.652. The maximum atomic E-state index is 12.1. The van der Waals surface area contributed by atoms with Crippen LogP contribution in [-0.2, 0) is 9.53 Å². The molecule has 1 rings (SSSR count). The molecule has 0 bridgehead atoms. The molecular formula is C16H19BrN2O5. The molecule has 0 aliphatic carbocycles. The number of rotatable bonds is 8. The van der Waals surface area contributed by atoms with Crippen molar-refractivity contribution in [3.8, 4) is 17.6 Å². The summed E-state index contributed by atoms with van der Waals surface area (Å²) in [6, 6.07) is 4.98. The van der Waals surface area contributed by atoms with Crippen LogP contribution in [0, 0.1) is 11.3 Å². The number of benzene rings is 1. The van der Waals surface area contributed by atoms with Crippen molar-refractivity contribution in [2.45, 2.75) is 13.3 Å². The van der Waals surface area contributed by atoms with E-state index in [0.717, 1.165) is 0 Å². The second-order valence-corrected chi connectivity index (χ2v) is 5.58. The first-order valence-electron chi connectivity index (χ1n) is 7.22. The highest BCUT2D eigenvalue weighted by molar-refractivity contribution is 9.10. The molecule has 1 aromatic carbocycles. The van der Waals surface area contributed by atoms with Gasteiger partial charge < -0.3 is 19.1 Å². The van der Waals surface area contributed by atoms with Crippen molar-refractivity contribution in [3.63, 3.8) is 0 Å². The molecule has 130 valence electrons. The van der Waals surface area contributed by atoms with E-state index in [-0.39, 0.29) is 24.4 Å². The SMILES string of the molecule is CCOc1cc(C(=O)OCC(=O)N(C)CCC#N)cc(Br)c1OC. The lowest BCUT2D eigenvalue weighted by Crippen LogP contribution is -2.31. The average Bonchev–Trinajstić information content (AvgIpc) is 2.57. The van der Waals surface area contributed by atoms with Gasteiger partial charge in [0.25, 0.3) is 5.91 Å². The summed E-state index contributed by atoms with van der Waals surface area (Å²) in [6.07, 6.45) is 0.222. The second kappa shape index (κ2) is 9.78. The predicted octanol–water partition coefficient (Wildman–Crippen LogP) is 2.39. The van der Waals surface area contributed by atoms with Gasteiger partial charge in [0, 0.05) is 13.6 Å². The Morgan fingerprint density at radius 3 is 2.67 bits per heavy atom. The molecule has 0 aliphatic heterocycles. The van der Waals surface area contributed by atoms with Crippen LogP contribution in [0.5, 0.6) is 11.5 Å². The maximum Gasteiger partial charge on any atom is 0.338 e. The number of likely N-dealkylation sites (N-methyl/N-ethyl adjacent to an activating group) is 1. The lowest BCUT2D eigenvalue weighted by atomic mass is 10.2. The topological polar surface area (TPSA) is 88.9 Å². The molecule has 0 saturated heterocycles. The molecule has 0 aromatic heterocycles. The zero-order chi connectivity index (χ0) is 18.1. The van der Waals surface area contributed by atoms with Crippen LogP contribution in [0.2, 0.25) is 0 Å². The highest BCUT2D eigenvalue weighted by atomic mass is 79.9. The molecule has 0 radical (unpaired) electrons. The van der Waals surface area contributed by atoms with Crippen molar-refractivity contribution in [2.75, 3.05) is 33.9 Å². The van der Waals surface area contributed by atoms with Gasteiger partial charge in [-0.25, -0.2) is 4.79 Å². The van der Waals surface area contributed by atoms with Crippen molar-refractivity contribution in [2.24, 2.45) is 0 Å². The largest absolute Gasteiger partial charge is 0.492 e. The summed E-state index contributed by atoms with van der Waals surface area (Å²) >= 11 is 3.31. The van der Waals surface area contributed by atoms with Crippen LogP contribution >= 0.6 is 15.9 Å². The Labute approximate surface area is 149 Å². The third-order valence-electron chi connectivity index (χ3n) is 3.06. The van der Waals surface area contributed by atoms with Crippen LogP contribution in [-0.4, -0.2) is 50.7 Å². The highest BCUT2D eigenvalue weighted by Crippen LogP contribution is 2.36. The van der Waals surface area contributed by atoms with E-state index in [1.165, 1.54) is 24.1 Å². The van der Waals surface area contributed by atoms with Crippen molar-refractivity contribution < 1.29 is 23.8 Å². The Hall–Kier alpha value is -2.27. The average molecular weight is 399 g/mol. The number of nitrogens with zero attached hydrogens (tertiary/aromatic N) is 2. The van der Waals surface area contributed by atoms with E-state index in [0.29, 0.717) is 22.6 Å². The van der Waals surface area contributed by atoms with E-state index >= 15 is 0 Å². The number of ether oxygens (including phenoxy) is 3. The van der Waals surface area contributed by atoms with Gasteiger partial charge in [-0.2, -0.15) is 5.26 Å². The molecule has 24 heavy (non-hydrogen) atoms. The molecule has 0 heterocycles. The Balaban J connectivity index is 2.78. The second-order valence-electron chi connectivity index (χ2n) is 4.72. The van der Waals surface area contributed by atoms with Crippen LogP contribution in [0.4, 0.5) is 0 Å².